The molecule has 1 heteroatoms. The molecule has 1 aliphatic carbocycles. The number of fused-ring (bicyclic) bond motifs is 4. The third kappa shape index (κ3) is 1.44. The van der Waals surface area contributed by atoms with Crippen LogP contribution >= 0.6 is 15.9 Å². The zero-order valence-corrected chi connectivity index (χ0v) is 12.8. The van der Waals surface area contributed by atoms with Gasteiger partial charge in [0.05, 0.1) is 0 Å². The van der Waals surface area contributed by atoms with Gasteiger partial charge in [0.15, 0.2) is 0 Å². The lowest BCUT2D eigenvalue weighted by Gasteiger charge is -2.06. The van der Waals surface area contributed by atoms with Crippen molar-refractivity contribution in [2.75, 3.05) is 0 Å². The van der Waals surface area contributed by atoms with Crippen LogP contribution in [0.2, 0.25) is 0 Å². The lowest BCUT2D eigenvalue weighted by molar-refractivity contribution is 1.70. The van der Waals surface area contributed by atoms with E-state index >= 15 is 0 Å². The third-order valence-corrected chi connectivity index (χ3v) is 5.10. The van der Waals surface area contributed by atoms with Gasteiger partial charge in [0.25, 0.3) is 0 Å². The molecular formula is C20H11Br. The fraction of sp³-hybridized carbons (Fsp3) is 0. The van der Waals surface area contributed by atoms with Crippen molar-refractivity contribution < 1.29 is 0 Å². The first-order valence-electron chi connectivity index (χ1n) is 7.08. The van der Waals surface area contributed by atoms with E-state index in [9.17, 15) is 0 Å². The van der Waals surface area contributed by atoms with E-state index in [2.05, 4.69) is 82.7 Å². The van der Waals surface area contributed by atoms with Crippen molar-refractivity contribution in [1.29, 1.82) is 0 Å². The zero-order valence-electron chi connectivity index (χ0n) is 11.2. The summed E-state index contributed by atoms with van der Waals surface area (Å²) in [4.78, 5) is 0. The monoisotopic (exact) mass is 330 g/mol. The van der Waals surface area contributed by atoms with Crippen LogP contribution in [0.5, 0.6) is 0 Å². The first kappa shape index (κ1) is 11.5. The summed E-state index contributed by atoms with van der Waals surface area (Å²) in [6.07, 6.45) is 0. The molecule has 0 aromatic heterocycles. The molecule has 0 heterocycles. The molecule has 5 rings (SSSR count). The van der Waals surface area contributed by atoms with Gasteiger partial charge >= 0.3 is 0 Å². The highest BCUT2D eigenvalue weighted by Gasteiger charge is 2.23. The van der Waals surface area contributed by atoms with Gasteiger partial charge in [0, 0.05) is 10.0 Å². The van der Waals surface area contributed by atoms with E-state index in [1.807, 2.05) is 0 Å². The Balaban J connectivity index is 2.04. The molecule has 0 fully saturated rings. The number of rotatable bonds is 0. The quantitative estimate of drug-likeness (QED) is 0.308. The Morgan fingerprint density at radius 3 is 2.10 bits per heavy atom. The van der Waals surface area contributed by atoms with Crippen LogP contribution in [0.4, 0.5) is 0 Å². The standard InChI is InChI=1S/C20H11Br/c21-18-9-8-12-6-3-7-15-16-10-13-4-1-2-5-14(13)11-17(16)20(18)19(12)15/h1-11H. The van der Waals surface area contributed by atoms with Crippen molar-refractivity contribution in [3.8, 4) is 22.3 Å². The van der Waals surface area contributed by atoms with E-state index < -0.39 is 0 Å². The molecule has 0 amide bonds. The van der Waals surface area contributed by atoms with Crippen LogP contribution in [0.25, 0.3) is 43.8 Å². The molecule has 4 aromatic carbocycles. The smallest absolute Gasteiger partial charge is 0.0260 e. The molecule has 0 unspecified atom stereocenters. The first-order chi connectivity index (χ1) is 10.3. The van der Waals surface area contributed by atoms with Crippen LogP contribution in [0.3, 0.4) is 0 Å². The SMILES string of the molecule is Brc1ccc2cccc3c2c1-c1cc2ccccc2cc1-3. The molecule has 0 N–H and O–H groups in total. The number of hydrogen-bond acceptors (Lipinski definition) is 0. The lowest BCUT2D eigenvalue weighted by atomic mass is 9.99. The predicted molar refractivity (Wildman–Crippen MR) is 93.6 cm³/mol. The second-order valence-corrected chi connectivity index (χ2v) is 6.43. The number of hydrogen-bond donors (Lipinski definition) is 0. The maximum Gasteiger partial charge on any atom is 0.0260 e. The van der Waals surface area contributed by atoms with Crippen LogP contribution in [-0.2, 0) is 0 Å². The van der Waals surface area contributed by atoms with Crippen molar-refractivity contribution in [2.45, 2.75) is 0 Å². The molecule has 0 spiro atoms. The molecule has 0 bridgehead atoms. The minimum Gasteiger partial charge on any atom is -0.0616 e. The summed E-state index contributed by atoms with van der Waals surface area (Å²) in [5, 5.41) is 5.29. The maximum atomic E-state index is 3.74. The highest BCUT2D eigenvalue weighted by Crippen LogP contribution is 2.51. The number of halogens is 1. The minimum absolute atomic E-state index is 1.18. The summed E-state index contributed by atoms with van der Waals surface area (Å²) in [5.41, 5.74) is 5.38. The summed E-state index contributed by atoms with van der Waals surface area (Å²) in [5.74, 6) is 0. The van der Waals surface area contributed by atoms with Crippen LogP contribution in [-0.4, -0.2) is 0 Å². The van der Waals surface area contributed by atoms with Gasteiger partial charge in [0.1, 0.15) is 0 Å². The van der Waals surface area contributed by atoms with Gasteiger partial charge < -0.3 is 0 Å². The van der Waals surface area contributed by atoms with Gasteiger partial charge in [-0.05, 0) is 56.4 Å². The van der Waals surface area contributed by atoms with Crippen LogP contribution in [0, 0.1) is 0 Å². The Morgan fingerprint density at radius 1 is 0.571 bits per heavy atom. The summed E-state index contributed by atoms with van der Waals surface area (Å²) in [6.45, 7) is 0. The van der Waals surface area contributed by atoms with Gasteiger partial charge in [-0.1, -0.05) is 64.5 Å². The molecule has 1 aliphatic rings. The largest absolute Gasteiger partial charge is 0.0616 e. The lowest BCUT2D eigenvalue weighted by Crippen LogP contribution is -1.80. The van der Waals surface area contributed by atoms with Crippen LogP contribution in [0.15, 0.2) is 71.2 Å². The molecule has 0 saturated heterocycles. The van der Waals surface area contributed by atoms with Gasteiger partial charge in [-0.2, -0.15) is 0 Å². The molecule has 21 heavy (non-hydrogen) atoms. The zero-order chi connectivity index (χ0) is 14.0. The maximum absolute atomic E-state index is 3.74. The topological polar surface area (TPSA) is 0 Å². The van der Waals surface area contributed by atoms with Gasteiger partial charge in [-0.25, -0.2) is 0 Å². The predicted octanol–water partition coefficient (Wildman–Crippen LogP) is 6.40. The molecule has 0 nitrogen and oxygen atoms in total. The normalized spacial score (nSPS) is 12.0. The van der Waals surface area contributed by atoms with Crippen molar-refractivity contribution in [1.82, 2.24) is 0 Å². The Bertz CT molecular complexity index is 1040. The Labute approximate surface area is 131 Å². The van der Waals surface area contributed by atoms with Crippen LogP contribution < -0.4 is 0 Å². The Kier molecular flexibility index (Phi) is 2.17. The second-order valence-electron chi connectivity index (χ2n) is 5.57. The van der Waals surface area contributed by atoms with Crippen molar-refractivity contribution in [3.63, 3.8) is 0 Å². The van der Waals surface area contributed by atoms with Gasteiger partial charge in [-0.3, -0.25) is 0 Å². The van der Waals surface area contributed by atoms with Crippen molar-refractivity contribution >= 4 is 37.5 Å². The van der Waals surface area contributed by atoms with Gasteiger partial charge in [0.2, 0.25) is 0 Å². The first-order valence-corrected chi connectivity index (χ1v) is 7.87. The number of benzene rings is 4. The average molecular weight is 331 g/mol. The molecule has 98 valence electrons. The second kappa shape index (κ2) is 3.96. The van der Waals surface area contributed by atoms with E-state index in [4.69, 9.17) is 0 Å². The minimum atomic E-state index is 1.18. The molecular weight excluding hydrogens is 320 g/mol. The summed E-state index contributed by atoms with van der Waals surface area (Å²) in [6, 6.07) is 24.2. The molecule has 0 saturated carbocycles. The summed E-state index contributed by atoms with van der Waals surface area (Å²) < 4.78 is 1.18. The average Bonchev–Trinajstić information content (AvgIpc) is 2.85. The van der Waals surface area contributed by atoms with Gasteiger partial charge in [-0.15, -0.1) is 0 Å². The van der Waals surface area contributed by atoms with E-state index in [-0.39, 0.29) is 0 Å². The summed E-state index contributed by atoms with van der Waals surface area (Å²) in [7, 11) is 0. The van der Waals surface area contributed by atoms with E-state index in [0.717, 1.165) is 0 Å². The van der Waals surface area contributed by atoms with Crippen molar-refractivity contribution in [3.05, 3.63) is 71.2 Å². The third-order valence-electron chi connectivity index (χ3n) is 4.44. The van der Waals surface area contributed by atoms with Crippen LogP contribution in [0.1, 0.15) is 0 Å². The fourth-order valence-corrected chi connectivity index (χ4v) is 4.06. The Morgan fingerprint density at radius 2 is 1.29 bits per heavy atom. The molecule has 0 aliphatic heterocycles. The fourth-order valence-electron chi connectivity index (χ4n) is 3.51. The highest BCUT2D eigenvalue weighted by atomic mass is 79.9. The van der Waals surface area contributed by atoms with E-state index in [1.54, 1.807) is 0 Å². The molecule has 0 radical (unpaired) electrons. The summed E-state index contributed by atoms with van der Waals surface area (Å²) >= 11 is 3.74. The Hall–Kier alpha value is -2.12. The highest BCUT2D eigenvalue weighted by molar-refractivity contribution is 9.10. The molecule has 0 atom stereocenters. The van der Waals surface area contributed by atoms with Crippen molar-refractivity contribution in [2.24, 2.45) is 0 Å². The van der Waals surface area contributed by atoms with E-state index in [1.165, 1.54) is 48.3 Å². The molecule has 4 aromatic rings. The van der Waals surface area contributed by atoms with E-state index in [0.29, 0.717) is 0 Å².